The van der Waals surface area contributed by atoms with Crippen molar-refractivity contribution in [1.29, 1.82) is 0 Å². The Hall–Kier alpha value is -3.22. The number of halogens is 2. The van der Waals surface area contributed by atoms with E-state index in [1.54, 1.807) is 30.3 Å². The van der Waals surface area contributed by atoms with Crippen molar-refractivity contribution in [1.82, 2.24) is 0 Å². The minimum atomic E-state index is -2.89. The van der Waals surface area contributed by atoms with Crippen LogP contribution < -0.4 is 10.1 Å². The molecule has 0 saturated carbocycles. The standard InChI is InChI=1S/C18H15F2NO4/c1-24-17(23)13-5-2-12(3-6-13)4-11-16(22)21-14-7-9-15(10-8-14)25-18(19)20/h2-11,18H,1H3,(H,21,22)/b11-4+. The lowest BCUT2D eigenvalue weighted by Crippen LogP contribution is -2.08. The van der Waals surface area contributed by atoms with Gasteiger partial charge in [0.15, 0.2) is 0 Å². The van der Waals surface area contributed by atoms with E-state index in [0.717, 1.165) is 5.56 Å². The molecule has 130 valence electrons. The summed E-state index contributed by atoms with van der Waals surface area (Å²) in [5.74, 6) is -0.818. The van der Waals surface area contributed by atoms with Gasteiger partial charge in [0.1, 0.15) is 5.75 Å². The van der Waals surface area contributed by atoms with Crippen molar-refractivity contribution in [2.75, 3.05) is 12.4 Å². The molecular formula is C18H15F2NO4. The molecule has 0 aliphatic heterocycles. The van der Waals surface area contributed by atoms with Gasteiger partial charge in [-0.15, -0.1) is 0 Å². The van der Waals surface area contributed by atoms with Crippen molar-refractivity contribution in [3.8, 4) is 5.75 Å². The molecule has 1 N–H and O–H groups in total. The van der Waals surface area contributed by atoms with Crippen LogP contribution in [0, 0.1) is 0 Å². The van der Waals surface area contributed by atoms with Crippen molar-refractivity contribution in [3.63, 3.8) is 0 Å². The van der Waals surface area contributed by atoms with Gasteiger partial charge >= 0.3 is 12.6 Å². The van der Waals surface area contributed by atoms with E-state index in [2.05, 4.69) is 14.8 Å². The SMILES string of the molecule is COC(=O)c1ccc(/C=C/C(=O)Nc2ccc(OC(F)F)cc2)cc1. The summed E-state index contributed by atoms with van der Waals surface area (Å²) in [6.07, 6.45) is 2.89. The minimum absolute atomic E-state index is 0.00855. The van der Waals surface area contributed by atoms with Crippen LogP contribution in [0.15, 0.2) is 54.6 Å². The molecule has 0 fully saturated rings. The molecule has 0 radical (unpaired) electrons. The third-order valence-electron chi connectivity index (χ3n) is 3.11. The Morgan fingerprint density at radius 1 is 1.04 bits per heavy atom. The summed E-state index contributed by atoms with van der Waals surface area (Å²) in [6.45, 7) is -2.89. The highest BCUT2D eigenvalue weighted by Gasteiger charge is 2.05. The lowest BCUT2D eigenvalue weighted by molar-refractivity contribution is -0.111. The maximum atomic E-state index is 12.1. The Bertz CT molecular complexity index is 756. The van der Waals surface area contributed by atoms with E-state index >= 15 is 0 Å². The second kappa shape index (κ2) is 8.58. The van der Waals surface area contributed by atoms with Gasteiger partial charge in [0.05, 0.1) is 12.7 Å². The maximum absolute atomic E-state index is 12.1. The van der Waals surface area contributed by atoms with Gasteiger partial charge in [-0.2, -0.15) is 8.78 Å². The molecular weight excluding hydrogens is 332 g/mol. The number of methoxy groups -OCH3 is 1. The summed E-state index contributed by atoms with van der Waals surface area (Å²) in [6, 6.07) is 12.1. The maximum Gasteiger partial charge on any atom is 0.387 e. The molecule has 2 aromatic rings. The molecule has 0 atom stereocenters. The number of hydrogen-bond acceptors (Lipinski definition) is 4. The lowest BCUT2D eigenvalue weighted by atomic mass is 10.1. The summed E-state index contributed by atoms with van der Waals surface area (Å²) >= 11 is 0. The van der Waals surface area contributed by atoms with Crippen molar-refractivity contribution in [3.05, 3.63) is 65.7 Å². The zero-order valence-electron chi connectivity index (χ0n) is 13.2. The number of nitrogens with one attached hydrogen (secondary N) is 1. The van der Waals surface area contributed by atoms with E-state index in [-0.39, 0.29) is 11.7 Å². The summed E-state index contributed by atoms with van der Waals surface area (Å²) in [5.41, 5.74) is 1.58. The molecule has 0 saturated heterocycles. The van der Waals surface area contributed by atoms with Crippen LogP contribution in [0.3, 0.4) is 0 Å². The summed E-state index contributed by atoms with van der Waals surface area (Å²) in [4.78, 5) is 23.2. The van der Waals surface area contributed by atoms with E-state index in [1.165, 1.54) is 37.5 Å². The Morgan fingerprint density at radius 3 is 2.24 bits per heavy atom. The molecule has 0 aliphatic rings. The molecule has 2 rings (SSSR count). The van der Waals surface area contributed by atoms with Crippen molar-refractivity contribution in [2.24, 2.45) is 0 Å². The fourth-order valence-electron chi connectivity index (χ4n) is 1.92. The van der Waals surface area contributed by atoms with E-state index in [0.29, 0.717) is 11.3 Å². The van der Waals surface area contributed by atoms with Crippen LogP contribution in [0.4, 0.5) is 14.5 Å². The number of ether oxygens (including phenoxy) is 2. The first-order chi connectivity index (χ1) is 12.0. The van der Waals surface area contributed by atoms with Gasteiger partial charge in [0, 0.05) is 11.8 Å². The normalized spacial score (nSPS) is 10.7. The van der Waals surface area contributed by atoms with Gasteiger partial charge in [-0.25, -0.2) is 4.79 Å². The van der Waals surface area contributed by atoms with Crippen LogP contribution in [0.2, 0.25) is 0 Å². The van der Waals surface area contributed by atoms with Crippen LogP contribution in [0.25, 0.3) is 6.08 Å². The summed E-state index contributed by atoms with van der Waals surface area (Å²) < 4.78 is 32.9. The van der Waals surface area contributed by atoms with Gasteiger partial charge < -0.3 is 14.8 Å². The molecule has 0 aromatic heterocycles. The second-order valence-corrected chi connectivity index (χ2v) is 4.84. The van der Waals surface area contributed by atoms with Crippen LogP contribution >= 0.6 is 0 Å². The van der Waals surface area contributed by atoms with Crippen LogP contribution in [0.1, 0.15) is 15.9 Å². The van der Waals surface area contributed by atoms with Crippen molar-refractivity contribution < 1.29 is 27.8 Å². The zero-order chi connectivity index (χ0) is 18.2. The van der Waals surface area contributed by atoms with Crippen LogP contribution in [-0.4, -0.2) is 25.6 Å². The molecule has 1 amide bonds. The monoisotopic (exact) mass is 347 g/mol. The van der Waals surface area contributed by atoms with Gasteiger partial charge in [-0.1, -0.05) is 12.1 Å². The highest BCUT2D eigenvalue weighted by Crippen LogP contribution is 2.17. The first kappa shape index (κ1) is 18.1. The fraction of sp³-hybridized carbons (Fsp3) is 0.111. The smallest absolute Gasteiger partial charge is 0.387 e. The van der Waals surface area contributed by atoms with Crippen LogP contribution in [-0.2, 0) is 9.53 Å². The topological polar surface area (TPSA) is 64.6 Å². The largest absolute Gasteiger partial charge is 0.465 e. The lowest BCUT2D eigenvalue weighted by Gasteiger charge is -2.06. The highest BCUT2D eigenvalue weighted by atomic mass is 19.3. The molecule has 0 bridgehead atoms. The second-order valence-electron chi connectivity index (χ2n) is 4.84. The molecule has 0 spiro atoms. The minimum Gasteiger partial charge on any atom is -0.465 e. The third-order valence-corrected chi connectivity index (χ3v) is 3.11. The van der Waals surface area contributed by atoms with E-state index in [4.69, 9.17) is 0 Å². The van der Waals surface area contributed by atoms with E-state index in [9.17, 15) is 18.4 Å². The molecule has 25 heavy (non-hydrogen) atoms. The van der Waals surface area contributed by atoms with Crippen LogP contribution in [0.5, 0.6) is 5.75 Å². The number of rotatable bonds is 6. The Labute approximate surface area is 142 Å². The van der Waals surface area contributed by atoms with Crippen molar-refractivity contribution in [2.45, 2.75) is 6.61 Å². The number of esters is 1. The average Bonchev–Trinajstić information content (AvgIpc) is 2.61. The number of hydrogen-bond donors (Lipinski definition) is 1. The zero-order valence-corrected chi connectivity index (χ0v) is 13.2. The number of amides is 1. The van der Waals surface area contributed by atoms with Crippen molar-refractivity contribution >= 4 is 23.6 Å². The highest BCUT2D eigenvalue weighted by molar-refractivity contribution is 6.02. The van der Waals surface area contributed by atoms with Gasteiger partial charge in [0.25, 0.3) is 0 Å². The number of anilines is 1. The average molecular weight is 347 g/mol. The predicted octanol–water partition coefficient (Wildman–Crippen LogP) is 3.73. The van der Waals surface area contributed by atoms with Gasteiger partial charge in [-0.3, -0.25) is 4.79 Å². The first-order valence-corrected chi connectivity index (χ1v) is 7.20. The fourth-order valence-corrected chi connectivity index (χ4v) is 1.92. The quantitative estimate of drug-likeness (QED) is 0.639. The predicted molar refractivity (Wildman–Crippen MR) is 88.5 cm³/mol. The van der Waals surface area contributed by atoms with Gasteiger partial charge in [-0.05, 0) is 48.0 Å². The molecule has 0 aliphatic carbocycles. The Morgan fingerprint density at radius 2 is 1.68 bits per heavy atom. The number of benzene rings is 2. The molecule has 0 heterocycles. The first-order valence-electron chi connectivity index (χ1n) is 7.20. The van der Waals surface area contributed by atoms with Gasteiger partial charge in [0.2, 0.25) is 5.91 Å². The number of carbonyl (C=O) groups excluding carboxylic acids is 2. The Balaban J connectivity index is 1.93. The van der Waals surface area contributed by atoms with E-state index < -0.39 is 12.6 Å². The number of carbonyl (C=O) groups is 2. The molecule has 2 aromatic carbocycles. The summed E-state index contributed by atoms with van der Waals surface area (Å²) in [7, 11) is 1.30. The van der Waals surface area contributed by atoms with E-state index in [1.807, 2.05) is 0 Å². The molecule has 0 unspecified atom stereocenters. The number of alkyl halides is 2. The molecule has 5 nitrogen and oxygen atoms in total. The molecule has 7 heteroatoms. The summed E-state index contributed by atoms with van der Waals surface area (Å²) in [5, 5.41) is 2.59. The Kier molecular flexibility index (Phi) is 6.22. The third kappa shape index (κ3) is 5.72.